The number of guanidine groups is 1. The molecule has 0 aliphatic carbocycles. The van der Waals surface area contributed by atoms with Gasteiger partial charge in [-0.25, -0.2) is 0 Å². The first kappa shape index (κ1) is 22.4. The van der Waals surface area contributed by atoms with E-state index in [9.17, 15) is 4.79 Å². The molecule has 6 nitrogen and oxygen atoms in total. The van der Waals surface area contributed by atoms with Crippen LogP contribution in [0.2, 0.25) is 5.02 Å². The second-order valence-corrected chi connectivity index (χ2v) is 7.74. The van der Waals surface area contributed by atoms with Gasteiger partial charge in [-0.1, -0.05) is 54.1 Å². The average molecular weight is 461 g/mol. The molecule has 0 saturated carbocycles. The highest BCUT2D eigenvalue weighted by Crippen LogP contribution is 2.24. The number of amides is 1. The fourth-order valence-corrected chi connectivity index (χ4v) is 3.76. The van der Waals surface area contributed by atoms with Crippen LogP contribution in [0.15, 0.2) is 84.0 Å². The summed E-state index contributed by atoms with van der Waals surface area (Å²) < 4.78 is 5.70. The summed E-state index contributed by atoms with van der Waals surface area (Å²) >= 11 is 6.21. The molecule has 1 aromatic heterocycles. The molecule has 0 fully saturated rings. The molecular formula is C26H25ClN4O2. The van der Waals surface area contributed by atoms with E-state index >= 15 is 0 Å². The summed E-state index contributed by atoms with van der Waals surface area (Å²) in [6, 6.07) is 22.6. The van der Waals surface area contributed by atoms with Gasteiger partial charge in [0.25, 0.3) is 5.91 Å². The molecule has 33 heavy (non-hydrogen) atoms. The lowest BCUT2D eigenvalue weighted by atomic mass is 10.1. The van der Waals surface area contributed by atoms with Gasteiger partial charge < -0.3 is 15.0 Å². The SMILES string of the molecule is CCOc1ccccc1NC(=NCCc1c[nH]c2ccccc12)NC(=O)c1ccccc1Cl. The first-order valence-corrected chi connectivity index (χ1v) is 11.2. The Morgan fingerprint density at radius 2 is 1.79 bits per heavy atom. The molecule has 168 valence electrons. The molecule has 0 aliphatic heterocycles. The maximum absolute atomic E-state index is 12.9. The number of aliphatic imine (C=N–C) groups is 1. The first-order valence-electron chi connectivity index (χ1n) is 10.8. The number of carbonyl (C=O) groups excluding carboxylic acids is 1. The van der Waals surface area contributed by atoms with Crippen molar-refractivity contribution in [1.29, 1.82) is 0 Å². The van der Waals surface area contributed by atoms with Crippen molar-refractivity contribution in [2.24, 2.45) is 4.99 Å². The molecule has 3 aromatic carbocycles. The lowest BCUT2D eigenvalue weighted by molar-refractivity contribution is 0.0977. The molecule has 0 saturated heterocycles. The molecule has 1 amide bonds. The summed E-state index contributed by atoms with van der Waals surface area (Å²) in [4.78, 5) is 20.8. The summed E-state index contributed by atoms with van der Waals surface area (Å²) in [5.41, 5.74) is 3.35. The fourth-order valence-electron chi connectivity index (χ4n) is 3.54. The Bertz CT molecular complexity index is 1280. The third-order valence-corrected chi connectivity index (χ3v) is 5.45. The second-order valence-electron chi connectivity index (χ2n) is 7.33. The van der Waals surface area contributed by atoms with Gasteiger partial charge >= 0.3 is 0 Å². The molecule has 0 unspecified atom stereocenters. The molecule has 4 rings (SSSR count). The number of para-hydroxylation sites is 3. The Morgan fingerprint density at radius 1 is 1.03 bits per heavy atom. The number of hydrogen-bond donors (Lipinski definition) is 3. The second kappa shape index (κ2) is 10.7. The van der Waals surface area contributed by atoms with E-state index in [4.69, 9.17) is 16.3 Å². The Morgan fingerprint density at radius 3 is 2.64 bits per heavy atom. The highest BCUT2D eigenvalue weighted by molar-refractivity contribution is 6.34. The average Bonchev–Trinajstić information content (AvgIpc) is 3.24. The summed E-state index contributed by atoms with van der Waals surface area (Å²) in [7, 11) is 0. The lowest BCUT2D eigenvalue weighted by Gasteiger charge is -2.15. The van der Waals surface area contributed by atoms with Crippen molar-refractivity contribution in [3.05, 3.63) is 95.1 Å². The quantitative estimate of drug-likeness (QED) is 0.246. The van der Waals surface area contributed by atoms with Crippen LogP contribution in [-0.2, 0) is 6.42 Å². The molecule has 1 heterocycles. The zero-order valence-corrected chi connectivity index (χ0v) is 19.0. The van der Waals surface area contributed by atoms with E-state index in [0.717, 1.165) is 5.52 Å². The van der Waals surface area contributed by atoms with Crippen LogP contribution >= 0.6 is 11.6 Å². The number of ether oxygens (including phenoxy) is 1. The fraction of sp³-hybridized carbons (Fsp3) is 0.154. The van der Waals surface area contributed by atoms with Crippen molar-refractivity contribution >= 4 is 40.1 Å². The summed E-state index contributed by atoms with van der Waals surface area (Å²) in [6.45, 7) is 2.92. The molecule has 0 radical (unpaired) electrons. The Kier molecular flexibility index (Phi) is 7.27. The number of halogens is 1. The zero-order valence-electron chi connectivity index (χ0n) is 18.3. The zero-order chi connectivity index (χ0) is 23.0. The third-order valence-electron chi connectivity index (χ3n) is 5.12. The molecular weight excluding hydrogens is 436 g/mol. The van der Waals surface area contributed by atoms with Gasteiger partial charge in [-0.05, 0) is 49.2 Å². The van der Waals surface area contributed by atoms with Crippen LogP contribution in [0.1, 0.15) is 22.8 Å². The van der Waals surface area contributed by atoms with Gasteiger partial charge in [0, 0.05) is 23.6 Å². The van der Waals surface area contributed by atoms with Crippen LogP contribution in [0, 0.1) is 0 Å². The number of carbonyl (C=O) groups is 1. The highest BCUT2D eigenvalue weighted by atomic mass is 35.5. The Labute approximate surface area is 197 Å². The molecule has 0 aliphatic rings. The van der Waals surface area contributed by atoms with Crippen LogP contribution in [0.5, 0.6) is 5.75 Å². The molecule has 7 heteroatoms. The predicted octanol–water partition coefficient (Wildman–Crippen LogP) is 5.66. The van der Waals surface area contributed by atoms with Crippen molar-refractivity contribution in [1.82, 2.24) is 10.3 Å². The van der Waals surface area contributed by atoms with E-state index in [1.54, 1.807) is 24.3 Å². The van der Waals surface area contributed by atoms with Gasteiger partial charge in [0.1, 0.15) is 5.75 Å². The van der Waals surface area contributed by atoms with Crippen molar-refractivity contribution in [2.75, 3.05) is 18.5 Å². The molecule has 0 atom stereocenters. The summed E-state index contributed by atoms with van der Waals surface area (Å²) in [5.74, 6) is 0.663. The third kappa shape index (κ3) is 5.54. The van der Waals surface area contributed by atoms with Crippen molar-refractivity contribution in [2.45, 2.75) is 13.3 Å². The van der Waals surface area contributed by atoms with E-state index in [1.165, 1.54) is 10.9 Å². The topological polar surface area (TPSA) is 78.5 Å². The Hall–Kier alpha value is -3.77. The van der Waals surface area contributed by atoms with E-state index in [-0.39, 0.29) is 5.91 Å². The predicted molar refractivity (Wildman–Crippen MR) is 134 cm³/mol. The number of nitrogens with one attached hydrogen (secondary N) is 3. The number of fused-ring (bicyclic) bond motifs is 1. The standard InChI is InChI=1S/C26H25ClN4O2/c1-2-33-24-14-8-7-13-23(24)30-26(31-25(32)20-10-3-5-11-21(20)27)28-16-15-18-17-29-22-12-6-4-9-19(18)22/h3-14,17,29H,2,15-16H2,1H3,(H2,28,30,31,32). The van der Waals surface area contributed by atoms with Gasteiger partial charge in [-0.3, -0.25) is 15.1 Å². The largest absolute Gasteiger partial charge is 0.492 e. The number of aromatic nitrogens is 1. The van der Waals surface area contributed by atoms with E-state index in [0.29, 0.717) is 47.6 Å². The number of nitrogens with zero attached hydrogens (tertiary/aromatic N) is 1. The monoisotopic (exact) mass is 460 g/mol. The lowest BCUT2D eigenvalue weighted by Crippen LogP contribution is -2.36. The van der Waals surface area contributed by atoms with Crippen molar-refractivity contribution in [3.8, 4) is 5.75 Å². The van der Waals surface area contributed by atoms with Gasteiger partial charge in [0.05, 0.1) is 22.9 Å². The number of H-pyrrole nitrogens is 1. The molecule has 0 bridgehead atoms. The normalized spacial score (nSPS) is 11.4. The highest BCUT2D eigenvalue weighted by Gasteiger charge is 2.14. The van der Waals surface area contributed by atoms with Crippen LogP contribution in [0.4, 0.5) is 5.69 Å². The van der Waals surface area contributed by atoms with Crippen molar-refractivity contribution < 1.29 is 9.53 Å². The number of rotatable bonds is 7. The van der Waals surface area contributed by atoms with Crippen LogP contribution in [0.25, 0.3) is 10.9 Å². The van der Waals surface area contributed by atoms with Gasteiger partial charge in [0.15, 0.2) is 0 Å². The maximum atomic E-state index is 12.9. The van der Waals surface area contributed by atoms with Gasteiger partial charge in [0.2, 0.25) is 5.96 Å². The number of benzene rings is 3. The van der Waals surface area contributed by atoms with Crippen LogP contribution in [0.3, 0.4) is 0 Å². The minimum atomic E-state index is -0.340. The number of anilines is 1. The van der Waals surface area contributed by atoms with E-state index in [1.807, 2.05) is 55.6 Å². The minimum Gasteiger partial charge on any atom is -0.492 e. The summed E-state index contributed by atoms with van der Waals surface area (Å²) in [6.07, 6.45) is 2.71. The number of hydrogen-bond acceptors (Lipinski definition) is 3. The number of aromatic amines is 1. The van der Waals surface area contributed by atoms with Crippen LogP contribution in [-0.4, -0.2) is 30.0 Å². The van der Waals surface area contributed by atoms with Crippen molar-refractivity contribution in [3.63, 3.8) is 0 Å². The summed E-state index contributed by atoms with van der Waals surface area (Å²) in [5, 5.41) is 7.62. The molecule has 4 aromatic rings. The minimum absolute atomic E-state index is 0.326. The Balaban J connectivity index is 1.56. The first-order chi connectivity index (χ1) is 16.2. The van der Waals surface area contributed by atoms with Gasteiger partial charge in [-0.15, -0.1) is 0 Å². The smallest absolute Gasteiger partial charge is 0.259 e. The van der Waals surface area contributed by atoms with Gasteiger partial charge in [-0.2, -0.15) is 0 Å². The molecule has 0 spiro atoms. The van der Waals surface area contributed by atoms with E-state index < -0.39 is 0 Å². The van der Waals surface area contributed by atoms with E-state index in [2.05, 4.69) is 26.7 Å². The molecule has 3 N–H and O–H groups in total. The van der Waals surface area contributed by atoms with Crippen LogP contribution < -0.4 is 15.4 Å². The maximum Gasteiger partial charge on any atom is 0.259 e.